The van der Waals surface area contributed by atoms with Crippen molar-refractivity contribution in [2.45, 2.75) is 32.7 Å². The van der Waals surface area contributed by atoms with E-state index in [0.29, 0.717) is 6.61 Å². The van der Waals surface area contributed by atoms with Gasteiger partial charge in [0.15, 0.2) is 0 Å². The molecule has 0 aliphatic carbocycles. The fraction of sp³-hybridized carbons (Fsp3) is 0.455. The van der Waals surface area contributed by atoms with Gasteiger partial charge in [-0.05, 0) is 19.4 Å². The fourth-order valence-corrected chi connectivity index (χ4v) is 0.935. The lowest BCUT2D eigenvalue weighted by atomic mass is 10.2. The Balaban J connectivity index is 2.35. The fourth-order valence-electron chi connectivity index (χ4n) is 0.935. The third-order valence-corrected chi connectivity index (χ3v) is 2.00. The van der Waals surface area contributed by atoms with Crippen LogP contribution >= 0.6 is 0 Å². The van der Waals surface area contributed by atoms with Gasteiger partial charge in [-0.2, -0.15) is 0 Å². The molecule has 1 rings (SSSR count). The summed E-state index contributed by atoms with van der Waals surface area (Å²) in [5.74, 6) is 0. The molecule has 0 saturated carbocycles. The summed E-state index contributed by atoms with van der Waals surface area (Å²) in [7, 11) is 0. The van der Waals surface area contributed by atoms with Crippen molar-refractivity contribution in [2.24, 2.45) is 0 Å². The normalized spacial score (nSPS) is 15.3. The highest BCUT2D eigenvalue weighted by Gasteiger charge is 2.10. The SMILES string of the molecule is CC(F)[C@@H](C)OCc1ccccc1. The Hall–Kier alpha value is -0.890. The number of hydrogen-bond donors (Lipinski definition) is 0. The van der Waals surface area contributed by atoms with Crippen LogP contribution in [0.5, 0.6) is 0 Å². The van der Waals surface area contributed by atoms with Gasteiger partial charge in [-0.25, -0.2) is 4.39 Å². The molecule has 0 N–H and O–H groups in total. The second-order valence-corrected chi connectivity index (χ2v) is 3.18. The van der Waals surface area contributed by atoms with E-state index in [1.807, 2.05) is 30.3 Å². The molecule has 2 heteroatoms. The van der Waals surface area contributed by atoms with Gasteiger partial charge < -0.3 is 4.74 Å². The number of halogens is 1. The summed E-state index contributed by atoms with van der Waals surface area (Å²) >= 11 is 0. The monoisotopic (exact) mass is 182 g/mol. The predicted molar refractivity (Wildman–Crippen MR) is 51.3 cm³/mol. The molecular weight excluding hydrogens is 167 g/mol. The van der Waals surface area contributed by atoms with Crippen LogP contribution in [0, 0.1) is 0 Å². The minimum Gasteiger partial charge on any atom is -0.371 e. The third kappa shape index (κ3) is 3.55. The second kappa shape index (κ2) is 4.97. The third-order valence-electron chi connectivity index (χ3n) is 2.00. The van der Waals surface area contributed by atoms with Crippen molar-refractivity contribution in [1.82, 2.24) is 0 Å². The van der Waals surface area contributed by atoms with Crippen molar-refractivity contribution in [3.8, 4) is 0 Å². The van der Waals surface area contributed by atoms with Gasteiger partial charge in [-0.3, -0.25) is 0 Å². The molecule has 13 heavy (non-hydrogen) atoms. The van der Waals surface area contributed by atoms with Gasteiger partial charge in [0.25, 0.3) is 0 Å². The molecule has 1 nitrogen and oxygen atoms in total. The highest BCUT2D eigenvalue weighted by Crippen LogP contribution is 2.07. The first-order valence-electron chi connectivity index (χ1n) is 4.49. The van der Waals surface area contributed by atoms with Crippen LogP contribution in [-0.2, 0) is 11.3 Å². The molecule has 0 fully saturated rings. The van der Waals surface area contributed by atoms with E-state index >= 15 is 0 Å². The van der Waals surface area contributed by atoms with Crippen molar-refractivity contribution in [2.75, 3.05) is 0 Å². The Morgan fingerprint density at radius 1 is 1.23 bits per heavy atom. The molecule has 0 amide bonds. The van der Waals surface area contributed by atoms with E-state index < -0.39 is 6.17 Å². The molecule has 0 saturated heterocycles. The van der Waals surface area contributed by atoms with Gasteiger partial charge >= 0.3 is 0 Å². The first-order chi connectivity index (χ1) is 6.20. The molecule has 0 bridgehead atoms. The molecule has 0 aliphatic rings. The van der Waals surface area contributed by atoms with Crippen molar-refractivity contribution < 1.29 is 9.13 Å². The summed E-state index contributed by atoms with van der Waals surface area (Å²) in [5.41, 5.74) is 1.08. The van der Waals surface area contributed by atoms with E-state index in [9.17, 15) is 4.39 Å². The van der Waals surface area contributed by atoms with E-state index in [1.54, 1.807) is 6.92 Å². The molecule has 0 aliphatic heterocycles. The first-order valence-corrected chi connectivity index (χ1v) is 4.49. The zero-order chi connectivity index (χ0) is 9.68. The quantitative estimate of drug-likeness (QED) is 0.695. The summed E-state index contributed by atoms with van der Waals surface area (Å²) in [4.78, 5) is 0. The first kappa shape index (κ1) is 10.2. The summed E-state index contributed by atoms with van der Waals surface area (Å²) in [5, 5.41) is 0. The Bertz CT molecular complexity index is 233. The molecule has 1 aromatic carbocycles. The smallest absolute Gasteiger partial charge is 0.123 e. The van der Waals surface area contributed by atoms with Gasteiger partial charge in [0.1, 0.15) is 6.17 Å². The van der Waals surface area contributed by atoms with Crippen LogP contribution in [0.2, 0.25) is 0 Å². The van der Waals surface area contributed by atoms with E-state index in [-0.39, 0.29) is 6.10 Å². The number of hydrogen-bond acceptors (Lipinski definition) is 1. The van der Waals surface area contributed by atoms with Gasteiger partial charge in [0.05, 0.1) is 12.7 Å². The zero-order valence-corrected chi connectivity index (χ0v) is 8.03. The molecule has 72 valence electrons. The van der Waals surface area contributed by atoms with Crippen molar-refractivity contribution in [1.29, 1.82) is 0 Å². The van der Waals surface area contributed by atoms with E-state index in [0.717, 1.165) is 5.56 Å². The standard InChI is InChI=1S/C11H15FO/c1-9(12)10(2)13-8-11-6-4-3-5-7-11/h3-7,9-10H,8H2,1-2H3/t9?,10-/m1/s1. The molecule has 1 aromatic rings. The topological polar surface area (TPSA) is 9.23 Å². The molecule has 1 unspecified atom stereocenters. The predicted octanol–water partition coefficient (Wildman–Crippen LogP) is 2.95. The van der Waals surface area contributed by atoms with Gasteiger partial charge in [-0.15, -0.1) is 0 Å². The van der Waals surface area contributed by atoms with Gasteiger partial charge in [0, 0.05) is 0 Å². The van der Waals surface area contributed by atoms with Crippen LogP contribution in [0.3, 0.4) is 0 Å². The summed E-state index contributed by atoms with van der Waals surface area (Å²) in [6.07, 6.45) is -1.25. The highest BCUT2D eigenvalue weighted by molar-refractivity contribution is 5.13. The second-order valence-electron chi connectivity index (χ2n) is 3.18. The Morgan fingerprint density at radius 2 is 1.85 bits per heavy atom. The van der Waals surface area contributed by atoms with Crippen molar-refractivity contribution in [3.05, 3.63) is 35.9 Å². The van der Waals surface area contributed by atoms with Crippen molar-refractivity contribution >= 4 is 0 Å². The van der Waals surface area contributed by atoms with Crippen LogP contribution in [0.15, 0.2) is 30.3 Å². The molecule has 2 atom stereocenters. The Labute approximate surface area is 78.5 Å². The van der Waals surface area contributed by atoms with Crippen LogP contribution in [0.1, 0.15) is 19.4 Å². The number of ether oxygens (including phenoxy) is 1. The van der Waals surface area contributed by atoms with E-state index in [2.05, 4.69) is 0 Å². The van der Waals surface area contributed by atoms with E-state index in [4.69, 9.17) is 4.74 Å². The maximum atomic E-state index is 12.7. The number of rotatable bonds is 4. The van der Waals surface area contributed by atoms with Gasteiger partial charge in [-0.1, -0.05) is 30.3 Å². The van der Waals surface area contributed by atoms with Crippen LogP contribution < -0.4 is 0 Å². The van der Waals surface area contributed by atoms with Gasteiger partial charge in [0.2, 0.25) is 0 Å². The lowest BCUT2D eigenvalue weighted by molar-refractivity contribution is 0.00564. The lowest BCUT2D eigenvalue weighted by Crippen LogP contribution is -2.18. The number of benzene rings is 1. The Morgan fingerprint density at radius 3 is 2.38 bits per heavy atom. The maximum Gasteiger partial charge on any atom is 0.123 e. The summed E-state index contributed by atoms with van der Waals surface area (Å²) in [6.45, 7) is 3.74. The molecule has 0 spiro atoms. The largest absolute Gasteiger partial charge is 0.371 e. The highest BCUT2D eigenvalue weighted by atomic mass is 19.1. The molecular formula is C11H15FO. The summed E-state index contributed by atoms with van der Waals surface area (Å²) in [6, 6.07) is 9.78. The summed E-state index contributed by atoms with van der Waals surface area (Å²) < 4.78 is 18.0. The number of alkyl halides is 1. The molecule has 0 aromatic heterocycles. The Kier molecular flexibility index (Phi) is 3.90. The molecule has 0 heterocycles. The van der Waals surface area contributed by atoms with Crippen LogP contribution in [0.25, 0.3) is 0 Å². The maximum absolute atomic E-state index is 12.7. The van der Waals surface area contributed by atoms with E-state index in [1.165, 1.54) is 6.92 Å². The lowest BCUT2D eigenvalue weighted by Gasteiger charge is -2.13. The van der Waals surface area contributed by atoms with Crippen LogP contribution in [-0.4, -0.2) is 12.3 Å². The average molecular weight is 182 g/mol. The molecule has 0 radical (unpaired) electrons. The minimum absolute atomic E-state index is 0.333. The van der Waals surface area contributed by atoms with Crippen molar-refractivity contribution in [3.63, 3.8) is 0 Å². The minimum atomic E-state index is -0.913. The van der Waals surface area contributed by atoms with Crippen LogP contribution in [0.4, 0.5) is 4.39 Å². The average Bonchev–Trinajstić information content (AvgIpc) is 2.15. The zero-order valence-electron chi connectivity index (χ0n) is 8.03.